The maximum Gasteiger partial charge on any atom is 0.337 e. The number of ether oxygens (including phenoxy) is 1. The summed E-state index contributed by atoms with van der Waals surface area (Å²) in [5.74, 6) is -0.603. The molecular formula is C18H16BrN3O4S. The lowest BCUT2D eigenvalue weighted by Gasteiger charge is -2.14. The molecule has 1 aromatic heterocycles. The molecule has 0 fully saturated rings. The molecule has 9 heteroatoms. The number of nitrogens with one attached hydrogen (secondary N) is 1. The molecule has 3 rings (SSSR count). The molecule has 0 amide bonds. The summed E-state index contributed by atoms with van der Waals surface area (Å²) < 4.78 is 35.5. The minimum Gasteiger partial charge on any atom is -0.465 e. The predicted octanol–water partition coefficient (Wildman–Crippen LogP) is 3.53. The number of carbonyl (C=O) groups is 1. The monoisotopic (exact) mass is 449 g/mol. The Morgan fingerprint density at radius 1 is 1.22 bits per heavy atom. The van der Waals surface area contributed by atoms with Gasteiger partial charge >= 0.3 is 5.97 Å². The van der Waals surface area contributed by atoms with Crippen molar-refractivity contribution in [3.8, 4) is 5.69 Å². The second-order valence-corrected chi connectivity index (χ2v) is 8.26. The average Bonchev–Trinajstić information content (AvgIpc) is 3.07. The fourth-order valence-corrected chi connectivity index (χ4v) is 4.16. The van der Waals surface area contributed by atoms with Crippen molar-refractivity contribution in [3.63, 3.8) is 0 Å². The van der Waals surface area contributed by atoms with Gasteiger partial charge in [-0.05, 0) is 52.7 Å². The van der Waals surface area contributed by atoms with E-state index < -0.39 is 16.0 Å². The van der Waals surface area contributed by atoms with Crippen LogP contribution in [0.15, 0.2) is 64.2 Å². The molecule has 0 radical (unpaired) electrons. The first kappa shape index (κ1) is 19.1. The van der Waals surface area contributed by atoms with E-state index in [2.05, 4.69) is 30.5 Å². The summed E-state index contributed by atoms with van der Waals surface area (Å²) in [4.78, 5) is 11.8. The molecular weight excluding hydrogens is 434 g/mol. The number of aromatic nitrogens is 2. The predicted molar refractivity (Wildman–Crippen MR) is 105 cm³/mol. The summed E-state index contributed by atoms with van der Waals surface area (Å²) >= 11 is 3.32. The van der Waals surface area contributed by atoms with Gasteiger partial charge in [0.25, 0.3) is 10.0 Å². The zero-order valence-corrected chi connectivity index (χ0v) is 16.9. The molecule has 2 aromatic carbocycles. The standard InChI is InChI=1S/C18H16BrN3O4S/c1-12-7-8-13(18(23)26-2)9-17(12)27(24,25)21-15-5-3-4-6-16(15)22-11-14(19)10-20-22/h3-11,21H,1-2H3. The van der Waals surface area contributed by atoms with Crippen molar-refractivity contribution in [2.75, 3.05) is 11.8 Å². The number of nitrogens with zero attached hydrogens (tertiary/aromatic N) is 2. The molecule has 0 aliphatic carbocycles. The van der Waals surface area contributed by atoms with Gasteiger partial charge in [-0.3, -0.25) is 4.72 Å². The molecule has 0 saturated carbocycles. The maximum absolute atomic E-state index is 13.0. The minimum atomic E-state index is -3.94. The Labute approximate surface area is 165 Å². The summed E-state index contributed by atoms with van der Waals surface area (Å²) in [7, 11) is -2.70. The van der Waals surface area contributed by atoms with Gasteiger partial charge in [-0.2, -0.15) is 5.10 Å². The summed E-state index contributed by atoms with van der Waals surface area (Å²) in [5, 5.41) is 4.19. The molecule has 0 spiro atoms. The van der Waals surface area contributed by atoms with E-state index in [0.29, 0.717) is 16.9 Å². The first-order chi connectivity index (χ1) is 12.8. The number of benzene rings is 2. The topological polar surface area (TPSA) is 90.3 Å². The lowest BCUT2D eigenvalue weighted by atomic mass is 10.1. The molecule has 140 valence electrons. The molecule has 1 heterocycles. The van der Waals surface area contributed by atoms with Gasteiger partial charge in [-0.25, -0.2) is 17.9 Å². The Kier molecular flexibility index (Phi) is 5.33. The van der Waals surface area contributed by atoms with E-state index >= 15 is 0 Å². The number of sulfonamides is 1. The van der Waals surface area contributed by atoms with Crippen LogP contribution >= 0.6 is 15.9 Å². The van der Waals surface area contributed by atoms with Crippen molar-refractivity contribution in [2.24, 2.45) is 0 Å². The Hall–Kier alpha value is -2.65. The number of halogens is 1. The van der Waals surface area contributed by atoms with E-state index in [1.807, 2.05) is 0 Å². The zero-order valence-electron chi connectivity index (χ0n) is 14.5. The molecule has 0 aliphatic rings. The van der Waals surface area contributed by atoms with Gasteiger partial charge in [0.2, 0.25) is 0 Å². The number of para-hydroxylation sites is 2. The fraction of sp³-hybridized carbons (Fsp3) is 0.111. The SMILES string of the molecule is COC(=O)c1ccc(C)c(S(=O)(=O)Nc2ccccc2-n2cc(Br)cn2)c1. The second kappa shape index (κ2) is 7.53. The van der Waals surface area contributed by atoms with E-state index in [-0.39, 0.29) is 10.5 Å². The Balaban J connectivity index is 2.03. The van der Waals surface area contributed by atoms with Crippen molar-refractivity contribution >= 4 is 37.6 Å². The number of carbonyl (C=O) groups excluding carboxylic acids is 1. The smallest absolute Gasteiger partial charge is 0.337 e. The van der Waals surface area contributed by atoms with Gasteiger partial charge in [0.15, 0.2) is 0 Å². The molecule has 0 saturated heterocycles. The molecule has 27 heavy (non-hydrogen) atoms. The number of methoxy groups -OCH3 is 1. The largest absolute Gasteiger partial charge is 0.465 e. The highest BCUT2D eigenvalue weighted by molar-refractivity contribution is 9.10. The van der Waals surface area contributed by atoms with E-state index in [4.69, 9.17) is 0 Å². The summed E-state index contributed by atoms with van der Waals surface area (Å²) in [6, 6.07) is 11.3. The van der Waals surface area contributed by atoms with E-state index in [1.165, 1.54) is 19.2 Å². The number of anilines is 1. The van der Waals surface area contributed by atoms with Crippen LogP contribution in [-0.2, 0) is 14.8 Å². The fourth-order valence-electron chi connectivity index (χ4n) is 2.53. The second-order valence-electron chi connectivity index (χ2n) is 5.70. The molecule has 0 bridgehead atoms. The van der Waals surface area contributed by atoms with E-state index in [9.17, 15) is 13.2 Å². The minimum absolute atomic E-state index is 0.00171. The van der Waals surface area contributed by atoms with Gasteiger partial charge in [-0.1, -0.05) is 18.2 Å². The van der Waals surface area contributed by atoms with Gasteiger partial charge in [0.05, 0.1) is 39.6 Å². The van der Waals surface area contributed by atoms with Crippen LogP contribution in [0.25, 0.3) is 5.69 Å². The number of rotatable bonds is 5. The van der Waals surface area contributed by atoms with Crippen LogP contribution in [0.3, 0.4) is 0 Å². The first-order valence-electron chi connectivity index (χ1n) is 7.83. The quantitative estimate of drug-likeness (QED) is 0.601. The molecule has 3 aromatic rings. The molecule has 7 nitrogen and oxygen atoms in total. The van der Waals surface area contributed by atoms with Crippen molar-refractivity contribution in [3.05, 3.63) is 70.5 Å². The number of esters is 1. The van der Waals surface area contributed by atoms with Crippen LogP contribution in [0.4, 0.5) is 5.69 Å². The number of aryl methyl sites for hydroxylation is 1. The number of hydrogen-bond acceptors (Lipinski definition) is 5. The van der Waals surface area contributed by atoms with Crippen LogP contribution in [0, 0.1) is 6.92 Å². The average molecular weight is 450 g/mol. The van der Waals surface area contributed by atoms with Crippen molar-refractivity contribution in [2.45, 2.75) is 11.8 Å². The third kappa shape index (κ3) is 4.04. The molecule has 0 aliphatic heterocycles. The van der Waals surface area contributed by atoms with Gasteiger partial charge in [0, 0.05) is 6.20 Å². The van der Waals surface area contributed by atoms with Gasteiger partial charge < -0.3 is 4.74 Å². The van der Waals surface area contributed by atoms with Gasteiger partial charge in [0.1, 0.15) is 0 Å². The van der Waals surface area contributed by atoms with Gasteiger partial charge in [-0.15, -0.1) is 0 Å². The van der Waals surface area contributed by atoms with Crippen molar-refractivity contribution in [1.82, 2.24) is 9.78 Å². The number of hydrogen-bond donors (Lipinski definition) is 1. The molecule has 0 unspecified atom stereocenters. The highest BCUT2D eigenvalue weighted by atomic mass is 79.9. The molecule has 0 atom stereocenters. The summed E-state index contributed by atoms with van der Waals surface area (Å²) in [5.41, 5.74) is 1.59. The normalized spacial score (nSPS) is 11.2. The van der Waals surface area contributed by atoms with E-state index in [0.717, 1.165) is 4.47 Å². The van der Waals surface area contributed by atoms with E-state index in [1.54, 1.807) is 54.3 Å². The summed E-state index contributed by atoms with van der Waals surface area (Å²) in [6.45, 7) is 1.66. The van der Waals surface area contributed by atoms with Crippen molar-refractivity contribution in [1.29, 1.82) is 0 Å². The maximum atomic E-state index is 13.0. The van der Waals surface area contributed by atoms with Crippen LogP contribution in [0.1, 0.15) is 15.9 Å². The van der Waals surface area contributed by atoms with Crippen molar-refractivity contribution < 1.29 is 17.9 Å². The van der Waals surface area contributed by atoms with Crippen LogP contribution < -0.4 is 4.72 Å². The van der Waals surface area contributed by atoms with Crippen LogP contribution in [0.5, 0.6) is 0 Å². The Morgan fingerprint density at radius 3 is 2.63 bits per heavy atom. The lowest BCUT2D eigenvalue weighted by molar-refractivity contribution is 0.0600. The first-order valence-corrected chi connectivity index (χ1v) is 10.1. The highest BCUT2D eigenvalue weighted by Gasteiger charge is 2.21. The Morgan fingerprint density at radius 2 is 1.96 bits per heavy atom. The van der Waals surface area contributed by atoms with Crippen LogP contribution in [0.2, 0.25) is 0 Å². The lowest BCUT2D eigenvalue weighted by Crippen LogP contribution is -2.17. The third-order valence-electron chi connectivity index (χ3n) is 3.85. The zero-order chi connectivity index (χ0) is 19.6. The molecule has 1 N–H and O–H groups in total. The highest BCUT2D eigenvalue weighted by Crippen LogP contribution is 2.26. The summed E-state index contributed by atoms with van der Waals surface area (Å²) in [6.07, 6.45) is 3.32. The third-order valence-corrected chi connectivity index (χ3v) is 5.76. The Bertz CT molecular complexity index is 1110. The van der Waals surface area contributed by atoms with Crippen LogP contribution in [-0.4, -0.2) is 31.3 Å².